The van der Waals surface area contributed by atoms with Gasteiger partial charge in [0.25, 0.3) is 0 Å². The minimum absolute atomic E-state index is 0.103. The maximum atomic E-state index is 12.1. The number of benzene rings is 1. The van der Waals surface area contributed by atoms with Crippen molar-refractivity contribution in [3.8, 4) is 0 Å². The topological polar surface area (TPSA) is 66.4 Å². The second-order valence-corrected chi connectivity index (χ2v) is 6.18. The van der Waals surface area contributed by atoms with Gasteiger partial charge in [0.2, 0.25) is 5.91 Å². The largest absolute Gasteiger partial charge is 0.481 e. The molecule has 0 aliphatic heterocycles. The Bertz CT molecular complexity index is 521. The van der Waals surface area contributed by atoms with E-state index in [4.69, 9.17) is 5.11 Å². The van der Waals surface area contributed by atoms with Crippen LogP contribution in [-0.4, -0.2) is 17.0 Å². The fourth-order valence-electron chi connectivity index (χ4n) is 2.68. The van der Waals surface area contributed by atoms with Crippen molar-refractivity contribution in [3.63, 3.8) is 0 Å². The Balaban J connectivity index is 1.96. The standard InChI is InChI=1S/C17H23NO3/c1-10(2)12-4-6-13(7-5-12)11(3)18-16(19)14-8-9-15(14)17(20)21/h4-7,10-11,14-15H,8-9H2,1-3H3,(H,18,19)(H,20,21). The van der Waals surface area contributed by atoms with Crippen LogP contribution in [-0.2, 0) is 9.59 Å². The highest BCUT2D eigenvalue weighted by Crippen LogP contribution is 2.35. The van der Waals surface area contributed by atoms with E-state index in [1.54, 1.807) is 0 Å². The summed E-state index contributed by atoms with van der Waals surface area (Å²) in [6.45, 7) is 6.21. The van der Waals surface area contributed by atoms with Crippen molar-refractivity contribution in [2.24, 2.45) is 11.8 Å². The Morgan fingerprint density at radius 2 is 1.57 bits per heavy atom. The quantitative estimate of drug-likeness (QED) is 0.875. The van der Waals surface area contributed by atoms with Gasteiger partial charge < -0.3 is 10.4 Å². The van der Waals surface area contributed by atoms with Gasteiger partial charge in [-0.3, -0.25) is 9.59 Å². The summed E-state index contributed by atoms with van der Waals surface area (Å²) in [5.74, 6) is -1.42. The Hall–Kier alpha value is -1.84. The van der Waals surface area contributed by atoms with E-state index >= 15 is 0 Å². The molecule has 2 N–H and O–H groups in total. The zero-order valence-electron chi connectivity index (χ0n) is 12.8. The SMILES string of the molecule is CC(C)c1ccc(C(C)NC(=O)C2CCC2C(=O)O)cc1. The number of carboxylic acids is 1. The maximum Gasteiger partial charge on any atom is 0.307 e. The lowest BCUT2D eigenvalue weighted by Crippen LogP contribution is -2.44. The van der Waals surface area contributed by atoms with Gasteiger partial charge in [0.15, 0.2) is 0 Å². The van der Waals surface area contributed by atoms with E-state index in [0.29, 0.717) is 18.8 Å². The molecule has 0 spiro atoms. The molecule has 4 nitrogen and oxygen atoms in total. The van der Waals surface area contributed by atoms with E-state index in [1.807, 2.05) is 19.1 Å². The van der Waals surface area contributed by atoms with Crippen LogP contribution in [0.2, 0.25) is 0 Å². The van der Waals surface area contributed by atoms with Crippen LogP contribution >= 0.6 is 0 Å². The Morgan fingerprint density at radius 3 is 2.00 bits per heavy atom. The highest BCUT2D eigenvalue weighted by atomic mass is 16.4. The number of carbonyl (C=O) groups excluding carboxylic acids is 1. The third-order valence-electron chi connectivity index (χ3n) is 4.39. The molecule has 1 aromatic rings. The van der Waals surface area contributed by atoms with Gasteiger partial charge in [0.1, 0.15) is 0 Å². The third kappa shape index (κ3) is 3.43. The Morgan fingerprint density at radius 1 is 1.05 bits per heavy atom. The molecule has 2 rings (SSSR count). The lowest BCUT2D eigenvalue weighted by Gasteiger charge is -2.33. The van der Waals surface area contributed by atoms with Crippen molar-refractivity contribution in [1.29, 1.82) is 0 Å². The van der Waals surface area contributed by atoms with Crippen LogP contribution in [0.1, 0.15) is 56.7 Å². The van der Waals surface area contributed by atoms with Crippen LogP contribution in [0.4, 0.5) is 0 Å². The number of hydrogen-bond donors (Lipinski definition) is 2. The number of aliphatic carboxylic acids is 1. The molecule has 3 atom stereocenters. The molecule has 4 heteroatoms. The number of amides is 1. The van der Waals surface area contributed by atoms with Crippen molar-refractivity contribution in [2.45, 2.75) is 45.6 Å². The molecular weight excluding hydrogens is 266 g/mol. The first-order valence-corrected chi connectivity index (χ1v) is 7.53. The van der Waals surface area contributed by atoms with E-state index in [1.165, 1.54) is 5.56 Å². The highest BCUT2D eigenvalue weighted by Gasteiger charge is 2.41. The molecule has 3 unspecified atom stereocenters. The molecule has 0 aromatic heterocycles. The summed E-state index contributed by atoms with van der Waals surface area (Å²) in [7, 11) is 0. The van der Waals surface area contributed by atoms with Gasteiger partial charge in [-0.1, -0.05) is 38.1 Å². The number of carboxylic acid groups (broad SMARTS) is 1. The summed E-state index contributed by atoms with van der Waals surface area (Å²) >= 11 is 0. The van der Waals surface area contributed by atoms with E-state index in [9.17, 15) is 9.59 Å². The first kappa shape index (κ1) is 15.5. The predicted octanol–water partition coefficient (Wildman–Crippen LogP) is 3.10. The Kier molecular flexibility index (Phi) is 4.66. The normalized spacial score (nSPS) is 22.5. The lowest BCUT2D eigenvalue weighted by atomic mass is 9.73. The average Bonchev–Trinajstić information content (AvgIpc) is 2.36. The summed E-state index contributed by atoms with van der Waals surface area (Å²) in [4.78, 5) is 23.1. The molecule has 0 radical (unpaired) electrons. The molecule has 1 fully saturated rings. The summed E-state index contributed by atoms with van der Waals surface area (Å²) in [5.41, 5.74) is 2.31. The summed E-state index contributed by atoms with van der Waals surface area (Å²) in [5, 5.41) is 11.9. The first-order valence-electron chi connectivity index (χ1n) is 7.53. The fraction of sp³-hybridized carbons (Fsp3) is 0.529. The number of carbonyl (C=O) groups is 2. The van der Waals surface area contributed by atoms with Gasteiger partial charge in [-0.05, 0) is 36.8 Å². The molecule has 1 aliphatic rings. The molecule has 0 bridgehead atoms. The average molecular weight is 289 g/mol. The minimum Gasteiger partial charge on any atom is -0.481 e. The van der Waals surface area contributed by atoms with Gasteiger partial charge >= 0.3 is 5.97 Å². The molecule has 1 aromatic carbocycles. The molecule has 0 heterocycles. The van der Waals surface area contributed by atoms with E-state index in [0.717, 1.165) is 5.56 Å². The predicted molar refractivity (Wildman–Crippen MR) is 80.9 cm³/mol. The van der Waals surface area contributed by atoms with Crippen molar-refractivity contribution in [3.05, 3.63) is 35.4 Å². The van der Waals surface area contributed by atoms with E-state index in [-0.39, 0.29) is 17.9 Å². The number of rotatable bonds is 5. The second-order valence-electron chi connectivity index (χ2n) is 6.18. The van der Waals surface area contributed by atoms with E-state index in [2.05, 4.69) is 31.3 Å². The molecule has 1 amide bonds. The number of nitrogens with one attached hydrogen (secondary N) is 1. The monoisotopic (exact) mass is 289 g/mol. The lowest BCUT2D eigenvalue weighted by molar-refractivity contribution is -0.152. The second kappa shape index (κ2) is 6.29. The molecule has 0 saturated heterocycles. The van der Waals surface area contributed by atoms with Gasteiger partial charge in [-0.2, -0.15) is 0 Å². The molecule has 21 heavy (non-hydrogen) atoms. The molecular formula is C17H23NO3. The van der Waals surface area contributed by atoms with Gasteiger partial charge in [0.05, 0.1) is 17.9 Å². The fourth-order valence-corrected chi connectivity index (χ4v) is 2.68. The summed E-state index contributed by atoms with van der Waals surface area (Å²) < 4.78 is 0. The summed E-state index contributed by atoms with van der Waals surface area (Å²) in [6.07, 6.45) is 1.27. The number of hydrogen-bond acceptors (Lipinski definition) is 2. The zero-order valence-corrected chi connectivity index (χ0v) is 12.8. The third-order valence-corrected chi connectivity index (χ3v) is 4.39. The van der Waals surface area contributed by atoms with Crippen molar-refractivity contribution >= 4 is 11.9 Å². The molecule has 114 valence electrons. The molecule has 1 saturated carbocycles. The van der Waals surface area contributed by atoms with Crippen LogP contribution in [0.25, 0.3) is 0 Å². The van der Waals surface area contributed by atoms with E-state index < -0.39 is 11.9 Å². The van der Waals surface area contributed by atoms with Crippen molar-refractivity contribution in [1.82, 2.24) is 5.32 Å². The van der Waals surface area contributed by atoms with Gasteiger partial charge in [-0.25, -0.2) is 0 Å². The van der Waals surface area contributed by atoms with Crippen molar-refractivity contribution in [2.75, 3.05) is 0 Å². The Labute approximate surface area is 125 Å². The highest BCUT2D eigenvalue weighted by molar-refractivity contribution is 5.86. The maximum absolute atomic E-state index is 12.1. The van der Waals surface area contributed by atoms with Crippen LogP contribution in [0.5, 0.6) is 0 Å². The first-order chi connectivity index (χ1) is 9.90. The van der Waals surface area contributed by atoms with Crippen molar-refractivity contribution < 1.29 is 14.7 Å². The van der Waals surface area contributed by atoms with Crippen LogP contribution in [0.15, 0.2) is 24.3 Å². The van der Waals surface area contributed by atoms with Gasteiger partial charge in [-0.15, -0.1) is 0 Å². The minimum atomic E-state index is -0.865. The zero-order chi connectivity index (χ0) is 15.6. The summed E-state index contributed by atoms with van der Waals surface area (Å²) in [6, 6.07) is 8.09. The van der Waals surface area contributed by atoms with Gasteiger partial charge in [0, 0.05) is 0 Å². The van der Waals surface area contributed by atoms with Crippen LogP contribution < -0.4 is 5.32 Å². The van der Waals surface area contributed by atoms with Crippen LogP contribution in [0.3, 0.4) is 0 Å². The smallest absolute Gasteiger partial charge is 0.307 e. The van der Waals surface area contributed by atoms with Crippen LogP contribution in [0, 0.1) is 11.8 Å². The molecule has 1 aliphatic carbocycles.